The van der Waals surface area contributed by atoms with Crippen molar-refractivity contribution in [1.82, 2.24) is 9.88 Å². The Bertz CT molecular complexity index is 453. The zero-order valence-electron chi connectivity index (χ0n) is 10.6. The van der Waals surface area contributed by atoms with Gasteiger partial charge in [0.15, 0.2) is 0 Å². The molecule has 0 saturated carbocycles. The van der Waals surface area contributed by atoms with Gasteiger partial charge in [-0.1, -0.05) is 0 Å². The van der Waals surface area contributed by atoms with E-state index < -0.39 is 0 Å². The van der Waals surface area contributed by atoms with E-state index in [9.17, 15) is 4.79 Å². The Hall–Kier alpha value is -0.650. The van der Waals surface area contributed by atoms with Gasteiger partial charge in [-0.25, -0.2) is 0 Å². The number of hydrogen-bond acceptors (Lipinski definition) is 3. The summed E-state index contributed by atoms with van der Waals surface area (Å²) in [5.74, 6) is 0. The lowest BCUT2D eigenvalue weighted by atomic mass is 10.1. The van der Waals surface area contributed by atoms with Crippen molar-refractivity contribution in [3.8, 4) is 0 Å². The number of nitrogens with zero attached hydrogens (tertiary/aromatic N) is 1. The van der Waals surface area contributed by atoms with Gasteiger partial charge in [-0.15, -0.1) is 0 Å². The first-order valence-electron chi connectivity index (χ1n) is 6.34. The molecule has 0 spiro atoms. The molecule has 1 aliphatic rings. The average molecular weight is 315 g/mol. The number of hydrogen-bond donors (Lipinski definition) is 1. The summed E-state index contributed by atoms with van der Waals surface area (Å²) in [6, 6.07) is 2.38. The van der Waals surface area contributed by atoms with Gasteiger partial charge >= 0.3 is 0 Å². The fourth-order valence-corrected chi connectivity index (χ4v) is 2.79. The van der Waals surface area contributed by atoms with Crippen LogP contribution in [0.15, 0.2) is 21.5 Å². The van der Waals surface area contributed by atoms with Crippen molar-refractivity contribution in [2.24, 2.45) is 0 Å². The largest absolute Gasteiger partial charge is 0.381 e. The lowest BCUT2D eigenvalue weighted by molar-refractivity contribution is 0.0778. The summed E-state index contributed by atoms with van der Waals surface area (Å²) in [5, 5.41) is 3.48. The van der Waals surface area contributed by atoms with Crippen molar-refractivity contribution in [2.75, 3.05) is 19.8 Å². The highest BCUT2D eigenvalue weighted by Crippen LogP contribution is 2.08. The molecule has 4 nitrogen and oxygen atoms in total. The van der Waals surface area contributed by atoms with Crippen LogP contribution in [0.2, 0.25) is 0 Å². The Balaban J connectivity index is 1.88. The quantitative estimate of drug-likeness (QED) is 0.919. The third kappa shape index (κ3) is 3.67. The molecule has 0 aliphatic carbocycles. The van der Waals surface area contributed by atoms with Crippen LogP contribution >= 0.6 is 15.9 Å². The summed E-state index contributed by atoms with van der Waals surface area (Å²) in [6.45, 7) is 5.05. The minimum absolute atomic E-state index is 0.0898. The van der Waals surface area contributed by atoms with E-state index in [0.717, 1.165) is 42.6 Å². The molecule has 5 heteroatoms. The first kappa shape index (κ1) is 13.8. The third-order valence-corrected chi connectivity index (χ3v) is 3.67. The molecule has 0 bridgehead atoms. The first-order valence-corrected chi connectivity index (χ1v) is 7.14. The number of pyridine rings is 1. The van der Waals surface area contributed by atoms with Gasteiger partial charge in [0.25, 0.3) is 5.56 Å². The normalized spacial score (nSPS) is 17.0. The van der Waals surface area contributed by atoms with Gasteiger partial charge in [-0.2, -0.15) is 0 Å². The van der Waals surface area contributed by atoms with Crippen LogP contribution in [0.25, 0.3) is 0 Å². The van der Waals surface area contributed by atoms with Gasteiger partial charge in [0.05, 0.1) is 0 Å². The van der Waals surface area contributed by atoms with Crippen LogP contribution in [-0.4, -0.2) is 30.4 Å². The predicted molar refractivity (Wildman–Crippen MR) is 75.0 cm³/mol. The summed E-state index contributed by atoms with van der Waals surface area (Å²) < 4.78 is 8.02. The van der Waals surface area contributed by atoms with Crippen molar-refractivity contribution in [1.29, 1.82) is 0 Å². The molecular formula is C13H19BrN2O2. The molecule has 0 unspecified atom stereocenters. The van der Waals surface area contributed by atoms with Crippen molar-refractivity contribution < 1.29 is 4.74 Å². The molecule has 1 N–H and O–H groups in total. The Labute approximate surface area is 115 Å². The van der Waals surface area contributed by atoms with Crippen LogP contribution in [0.1, 0.15) is 18.4 Å². The minimum Gasteiger partial charge on any atom is -0.381 e. The Morgan fingerprint density at radius 1 is 1.50 bits per heavy atom. The highest BCUT2D eigenvalue weighted by molar-refractivity contribution is 9.10. The second kappa shape index (κ2) is 6.50. The number of aryl methyl sites for hydroxylation is 1. The SMILES string of the molecule is Cc1cc(Br)cn(CCNC2CCOCC2)c1=O. The molecule has 0 aromatic carbocycles. The Morgan fingerprint density at radius 3 is 2.94 bits per heavy atom. The van der Waals surface area contributed by atoms with Crippen molar-refractivity contribution in [3.05, 3.63) is 32.7 Å². The summed E-state index contributed by atoms with van der Waals surface area (Å²) in [6.07, 6.45) is 3.97. The second-order valence-electron chi connectivity index (χ2n) is 4.68. The van der Waals surface area contributed by atoms with Gasteiger partial charge in [0, 0.05) is 48.6 Å². The molecule has 100 valence electrons. The fraction of sp³-hybridized carbons (Fsp3) is 0.615. The van der Waals surface area contributed by atoms with Crippen LogP contribution in [0.4, 0.5) is 0 Å². The van der Waals surface area contributed by atoms with Crippen molar-refractivity contribution in [3.63, 3.8) is 0 Å². The molecule has 0 amide bonds. The van der Waals surface area contributed by atoms with Gasteiger partial charge in [0.1, 0.15) is 0 Å². The van der Waals surface area contributed by atoms with E-state index in [0.29, 0.717) is 12.6 Å². The minimum atomic E-state index is 0.0898. The van der Waals surface area contributed by atoms with E-state index in [1.54, 1.807) is 4.57 Å². The maximum absolute atomic E-state index is 11.9. The van der Waals surface area contributed by atoms with Gasteiger partial charge in [-0.05, 0) is 41.8 Å². The van der Waals surface area contributed by atoms with Crippen molar-refractivity contribution in [2.45, 2.75) is 32.4 Å². The zero-order valence-corrected chi connectivity index (χ0v) is 12.2. The van der Waals surface area contributed by atoms with Crippen LogP contribution < -0.4 is 10.9 Å². The number of nitrogens with one attached hydrogen (secondary N) is 1. The Kier molecular flexibility index (Phi) is 4.97. The molecule has 1 aliphatic heterocycles. The van der Waals surface area contributed by atoms with Gasteiger partial charge in [0.2, 0.25) is 0 Å². The Morgan fingerprint density at radius 2 is 2.22 bits per heavy atom. The average Bonchev–Trinajstić information content (AvgIpc) is 2.36. The summed E-state index contributed by atoms with van der Waals surface area (Å²) in [5.41, 5.74) is 0.863. The van der Waals surface area contributed by atoms with Crippen LogP contribution in [0.5, 0.6) is 0 Å². The molecule has 1 aromatic heterocycles. The first-order chi connectivity index (χ1) is 8.66. The summed E-state index contributed by atoms with van der Waals surface area (Å²) in [7, 11) is 0. The maximum atomic E-state index is 11.9. The molecule has 1 aromatic rings. The van der Waals surface area contributed by atoms with Crippen LogP contribution in [-0.2, 0) is 11.3 Å². The van der Waals surface area contributed by atoms with E-state index in [1.807, 2.05) is 19.2 Å². The lowest BCUT2D eigenvalue weighted by Crippen LogP contribution is -2.37. The van der Waals surface area contributed by atoms with Crippen LogP contribution in [0.3, 0.4) is 0 Å². The number of rotatable bonds is 4. The maximum Gasteiger partial charge on any atom is 0.253 e. The smallest absolute Gasteiger partial charge is 0.253 e. The third-order valence-electron chi connectivity index (χ3n) is 3.24. The zero-order chi connectivity index (χ0) is 13.0. The summed E-state index contributed by atoms with van der Waals surface area (Å²) >= 11 is 3.42. The van der Waals surface area contributed by atoms with Gasteiger partial charge < -0.3 is 14.6 Å². The molecule has 1 fully saturated rings. The highest BCUT2D eigenvalue weighted by Gasteiger charge is 2.12. The fourth-order valence-electron chi connectivity index (χ4n) is 2.20. The molecule has 0 atom stereocenters. The standard InChI is InChI=1S/C13H19BrN2O2/c1-10-8-11(14)9-16(13(10)17)5-4-15-12-2-6-18-7-3-12/h8-9,12,15H,2-7H2,1H3. The van der Waals surface area contributed by atoms with E-state index in [2.05, 4.69) is 21.2 Å². The van der Waals surface area contributed by atoms with Gasteiger partial charge in [-0.3, -0.25) is 4.79 Å². The van der Waals surface area contributed by atoms with Crippen molar-refractivity contribution >= 4 is 15.9 Å². The topological polar surface area (TPSA) is 43.3 Å². The van der Waals surface area contributed by atoms with E-state index >= 15 is 0 Å². The molecular weight excluding hydrogens is 296 g/mol. The molecule has 1 saturated heterocycles. The van der Waals surface area contributed by atoms with E-state index in [-0.39, 0.29) is 5.56 Å². The van der Waals surface area contributed by atoms with E-state index in [4.69, 9.17) is 4.74 Å². The number of ether oxygens (including phenoxy) is 1. The number of halogens is 1. The highest BCUT2D eigenvalue weighted by atomic mass is 79.9. The lowest BCUT2D eigenvalue weighted by Gasteiger charge is -2.23. The molecule has 2 rings (SSSR count). The predicted octanol–water partition coefficient (Wildman–Crippen LogP) is 1.69. The number of aromatic nitrogens is 1. The summed E-state index contributed by atoms with van der Waals surface area (Å²) in [4.78, 5) is 11.9. The second-order valence-corrected chi connectivity index (χ2v) is 5.60. The molecule has 18 heavy (non-hydrogen) atoms. The van der Waals surface area contributed by atoms with Crippen LogP contribution in [0, 0.1) is 6.92 Å². The van der Waals surface area contributed by atoms with E-state index in [1.165, 1.54) is 0 Å². The monoisotopic (exact) mass is 314 g/mol. The molecule has 2 heterocycles. The molecule has 0 radical (unpaired) electrons.